The molecule has 0 spiro atoms. The molecule has 0 heterocycles. The Kier molecular flexibility index (Phi) is 8.99. The monoisotopic (exact) mass is 372 g/mol. The zero-order chi connectivity index (χ0) is 20.4. The van der Waals surface area contributed by atoms with Crippen LogP contribution < -0.4 is 0 Å². The molecule has 0 aromatic heterocycles. The summed E-state index contributed by atoms with van der Waals surface area (Å²) in [4.78, 5) is 22.2. The Morgan fingerprint density at radius 1 is 1.07 bits per heavy atom. The first-order valence-corrected chi connectivity index (χ1v) is 9.33. The van der Waals surface area contributed by atoms with Crippen LogP contribution in [0.3, 0.4) is 0 Å². The number of ether oxygens (including phenoxy) is 2. The van der Waals surface area contributed by atoms with Gasteiger partial charge in [0.05, 0.1) is 0 Å². The zero-order valence-corrected chi connectivity index (χ0v) is 17.4. The summed E-state index contributed by atoms with van der Waals surface area (Å²) in [6.07, 6.45) is 15.2. The smallest absolute Gasteiger partial charge is 0.333 e. The molecule has 1 aliphatic carbocycles. The Morgan fingerprint density at radius 3 is 2.41 bits per heavy atom. The van der Waals surface area contributed by atoms with E-state index in [1.807, 2.05) is 18.2 Å². The molecular formula is C23H32O4. The Labute approximate surface area is 163 Å². The van der Waals surface area contributed by atoms with Crippen LogP contribution >= 0.6 is 0 Å². The molecule has 4 heteroatoms. The van der Waals surface area contributed by atoms with Crippen LogP contribution in [-0.2, 0) is 19.1 Å². The van der Waals surface area contributed by atoms with Crippen LogP contribution in [0.25, 0.3) is 0 Å². The fourth-order valence-electron chi connectivity index (χ4n) is 3.08. The topological polar surface area (TPSA) is 52.6 Å². The third kappa shape index (κ3) is 8.72. The molecule has 0 bridgehead atoms. The summed E-state index contributed by atoms with van der Waals surface area (Å²) in [7, 11) is 0. The number of hydrogen-bond acceptors (Lipinski definition) is 4. The van der Waals surface area contributed by atoms with Crippen LogP contribution in [0.4, 0.5) is 0 Å². The average molecular weight is 373 g/mol. The largest absolute Gasteiger partial charge is 0.428 e. The second kappa shape index (κ2) is 10.7. The second-order valence-electron chi connectivity index (χ2n) is 7.64. The summed E-state index contributed by atoms with van der Waals surface area (Å²) in [6.45, 7) is 11.6. The molecule has 0 unspecified atom stereocenters. The van der Waals surface area contributed by atoms with E-state index in [1.165, 1.54) is 43.4 Å². The van der Waals surface area contributed by atoms with Gasteiger partial charge in [-0.3, -0.25) is 4.79 Å². The summed E-state index contributed by atoms with van der Waals surface area (Å²) in [5.41, 5.74) is 5.05. The lowest BCUT2D eigenvalue weighted by molar-refractivity contribution is -0.162. The highest BCUT2D eigenvalue weighted by molar-refractivity contribution is 5.83. The molecule has 27 heavy (non-hydrogen) atoms. The number of rotatable bonds is 7. The van der Waals surface area contributed by atoms with Crippen LogP contribution in [0, 0.1) is 5.41 Å². The van der Waals surface area contributed by atoms with Gasteiger partial charge in [0.25, 0.3) is 0 Å². The summed E-state index contributed by atoms with van der Waals surface area (Å²) >= 11 is 0. The maximum atomic E-state index is 11.5. The molecule has 0 fully saturated rings. The number of hydrogen-bond donors (Lipinski definition) is 0. The third-order valence-electron chi connectivity index (χ3n) is 4.58. The Morgan fingerprint density at radius 2 is 1.78 bits per heavy atom. The van der Waals surface area contributed by atoms with E-state index in [1.54, 1.807) is 6.92 Å². The van der Waals surface area contributed by atoms with Gasteiger partial charge in [-0.15, -0.1) is 0 Å². The van der Waals surface area contributed by atoms with E-state index in [9.17, 15) is 9.59 Å². The predicted molar refractivity (Wildman–Crippen MR) is 109 cm³/mol. The molecule has 0 saturated carbocycles. The highest BCUT2D eigenvalue weighted by Crippen LogP contribution is 2.40. The van der Waals surface area contributed by atoms with E-state index >= 15 is 0 Å². The van der Waals surface area contributed by atoms with Gasteiger partial charge in [0, 0.05) is 13.0 Å². The molecule has 0 aromatic carbocycles. The quantitative estimate of drug-likeness (QED) is 0.253. The van der Waals surface area contributed by atoms with E-state index < -0.39 is 11.9 Å². The van der Waals surface area contributed by atoms with E-state index in [2.05, 4.69) is 44.6 Å². The maximum absolute atomic E-state index is 11.5. The lowest BCUT2D eigenvalue weighted by Gasteiger charge is -2.32. The van der Waals surface area contributed by atoms with Gasteiger partial charge >= 0.3 is 11.9 Å². The average Bonchev–Trinajstić information content (AvgIpc) is 2.53. The standard InChI is InChI=1S/C23H32O4/c1-17(12-13-21-19(3)11-8-14-23(21,5)6)9-7-10-18(2)15-22(25)27-16-26-20(4)24/h7,9-10,12-13,15H,8,11,14,16H2,1-6H3/b10-7+,13-12+,17-9+,18-15-. The maximum Gasteiger partial charge on any atom is 0.333 e. The van der Waals surface area contributed by atoms with Crippen molar-refractivity contribution in [3.63, 3.8) is 0 Å². The van der Waals surface area contributed by atoms with Gasteiger partial charge in [0.15, 0.2) is 0 Å². The lowest BCUT2D eigenvalue weighted by Crippen LogP contribution is -2.19. The van der Waals surface area contributed by atoms with Crippen molar-refractivity contribution in [1.82, 2.24) is 0 Å². The molecule has 0 atom stereocenters. The minimum Gasteiger partial charge on any atom is -0.428 e. The van der Waals surface area contributed by atoms with Crippen LogP contribution in [-0.4, -0.2) is 18.7 Å². The van der Waals surface area contributed by atoms with Crippen molar-refractivity contribution in [2.24, 2.45) is 5.41 Å². The van der Waals surface area contributed by atoms with Crippen molar-refractivity contribution in [2.45, 2.75) is 60.8 Å². The molecular weight excluding hydrogens is 340 g/mol. The van der Waals surface area contributed by atoms with Gasteiger partial charge < -0.3 is 9.47 Å². The molecule has 0 aliphatic heterocycles. The second-order valence-corrected chi connectivity index (χ2v) is 7.64. The molecule has 0 aromatic rings. The first kappa shape index (κ1) is 22.7. The van der Waals surface area contributed by atoms with Crippen molar-refractivity contribution >= 4 is 11.9 Å². The fourth-order valence-corrected chi connectivity index (χ4v) is 3.08. The number of allylic oxidation sites excluding steroid dienone is 9. The number of carbonyl (C=O) groups excluding carboxylic acids is 2. The minimum absolute atomic E-state index is 0.237. The Balaban J connectivity index is 2.63. The molecule has 0 radical (unpaired) electrons. The van der Waals surface area contributed by atoms with Gasteiger partial charge in [-0.25, -0.2) is 4.79 Å². The van der Waals surface area contributed by atoms with Gasteiger partial charge in [0.2, 0.25) is 6.79 Å². The van der Waals surface area contributed by atoms with Crippen LogP contribution in [0.15, 0.2) is 58.7 Å². The van der Waals surface area contributed by atoms with Crippen LogP contribution in [0.2, 0.25) is 0 Å². The van der Waals surface area contributed by atoms with E-state index in [0.717, 1.165) is 11.1 Å². The van der Waals surface area contributed by atoms with Gasteiger partial charge in [0.1, 0.15) is 0 Å². The van der Waals surface area contributed by atoms with Crippen molar-refractivity contribution < 1.29 is 19.1 Å². The highest BCUT2D eigenvalue weighted by Gasteiger charge is 2.26. The normalized spacial score (nSPS) is 18.3. The van der Waals surface area contributed by atoms with E-state index in [-0.39, 0.29) is 12.2 Å². The Hall–Kier alpha value is -2.36. The Bertz CT molecular complexity index is 700. The van der Waals surface area contributed by atoms with Crippen LogP contribution in [0.5, 0.6) is 0 Å². The summed E-state index contributed by atoms with van der Waals surface area (Å²) < 4.78 is 9.32. The predicted octanol–water partition coefficient (Wildman–Crippen LogP) is 5.58. The first-order chi connectivity index (χ1) is 12.6. The van der Waals surface area contributed by atoms with Gasteiger partial charge in [-0.1, -0.05) is 55.4 Å². The van der Waals surface area contributed by atoms with Crippen molar-refractivity contribution in [1.29, 1.82) is 0 Å². The number of carbonyl (C=O) groups is 2. The molecule has 4 nitrogen and oxygen atoms in total. The first-order valence-electron chi connectivity index (χ1n) is 9.33. The lowest BCUT2D eigenvalue weighted by atomic mass is 9.72. The summed E-state index contributed by atoms with van der Waals surface area (Å²) in [5, 5.41) is 0. The van der Waals surface area contributed by atoms with Gasteiger partial charge in [-0.2, -0.15) is 0 Å². The summed E-state index contributed by atoms with van der Waals surface area (Å²) in [6, 6.07) is 0. The third-order valence-corrected chi connectivity index (χ3v) is 4.58. The fraction of sp³-hybridized carbons (Fsp3) is 0.478. The summed E-state index contributed by atoms with van der Waals surface area (Å²) in [5.74, 6) is -1.03. The van der Waals surface area contributed by atoms with E-state index in [4.69, 9.17) is 4.74 Å². The highest BCUT2D eigenvalue weighted by atomic mass is 16.7. The molecule has 0 N–H and O–H groups in total. The zero-order valence-electron chi connectivity index (χ0n) is 17.4. The molecule has 0 amide bonds. The molecule has 0 saturated heterocycles. The van der Waals surface area contributed by atoms with E-state index in [0.29, 0.717) is 0 Å². The number of esters is 2. The van der Waals surface area contributed by atoms with Crippen molar-refractivity contribution in [3.05, 3.63) is 58.7 Å². The van der Waals surface area contributed by atoms with Gasteiger partial charge in [-0.05, 0) is 56.6 Å². The molecule has 1 aliphatic rings. The van der Waals surface area contributed by atoms with Crippen molar-refractivity contribution in [2.75, 3.05) is 6.79 Å². The molecule has 148 valence electrons. The van der Waals surface area contributed by atoms with Crippen molar-refractivity contribution in [3.8, 4) is 0 Å². The minimum atomic E-state index is -0.541. The SMILES string of the molecule is CC(=O)OCOC(=O)\C=C(C)/C=C/C=C(C)/C=C/C1=C(C)CCCC1(C)C. The van der Waals surface area contributed by atoms with Crippen LogP contribution in [0.1, 0.15) is 60.8 Å². The molecule has 1 rings (SSSR count).